The van der Waals surface area contributed by atoms with Crippen LogP contribution in [0.1, 0.15) is 30.9 Å². The smallest absolute Gasteiger partial charge is 0.290 e. The lowest BCUT2D eigenvalue weighted by molar-refractivity contribution is 0.0756. The first-order chi connectivity index (χ1) is 14.1. The third-order valence-electron chi connectivity index (χ3n) is 4.22. The lowest BCUT2D eigenvalue weighted by Gasteiger charge is -2.07. The topological polar surface area (TPSA) is 78.3 Å². The Morgan fingerprint density at radius 3 is 2.48 bits per heavy atom. The van der Waals surface area contributed by atoms with Gasteiger partial charge in [-0.3, -0.25) is 4.79 Å². The van der Waals surface area contributed by atoms with E-state index >= 15 is 0 Å². The van der Waals surface area contributed by atoms with Gasteiger partial charge in [-0.25, -0.2) is 9.67 Å². The number of rotatable bonds is 9. The average molecular weight is 394 g/mol. The van der Waals surface area contributed by atoms with Crippen LogP contribution in [0.3, 0.4) is 0 Å². The van der Waals surface area contributed by atoms with Gasteiger partial charge in [-0.2, -0.15) is 0 Å². The molecule has 0 fully saturated rings. The molecule has 1 heterocycles. The second-order valence-electron chi connectivity index (χ2n) is 6.76. The number of methoxy groups -OCH3 is 1. The zero-order chi connectivity index (χ0) is 20.6. The highest BCUT2D eigenvalue weighted by Crippen LogP contribution is 2.22. The second kappa shape index (κ2) is 9.84. The van der Waals surface area contributed by atoms with Gasteiger partial charge >= 0.3 is 0 Å². The van der Waals surface area contributed by atoms with Crippen LogP contribution in [-0.4, -0.2) is 47.0 Å². The van der Waals surface area contributed by atoms with Crippen LogP contribution < -0.4 is 10.1 Å². The number of hydrogen-bond acceptors (Lipinski definition) is 5. The van der Waals surface area contributed by atoms with Gasteiger partial charge in [0, 0.05) is 18.7 Å². The third-order valence-corrected chi connectivity index (χ3v) is 4.22. The van der Waals surface area contributed by atoms with Crippen LogP contribution in [-0.2, 0) is 4.74 Å². The molecule has 3 aromatic rings. The first kappa shape index (κ1) is 20.5. The van der Waals surface area contributed by atoms with Gasteiger partial charge in [-0.15, -0.1) is 5.10 Å². The maximum Gasteiger partial charge on any atom is 0.290 e. The number of carbonyl (C=O) groups excluding carboxylic acids is 1. The maximum atomic E-state index is 12.6. The summed E-state index contributed by atoms with van der Waals surface area (Å²) in [6, 6.07) is 17.1. The van der Waals surface area contributed by atoms with E-state index in [9.17, 15) is 4.79 Å². The average Bonchev–Trinajstić information content (AvgIpc) is 3.19. The lowest BCUT2D eigenvalue weighted by atomic mass is 10.2. The lowest BCUT2D eigenvalue weighted by Crippen LogP contribution is -2.26. The summed E-state index contributed by atoms with van der Waals surface area (Å²) in [6.45, 7) is 5.07. The van der Waals surface area contributed by atoms with Crippen LogP contribution in [0.5, 0.6) is 5.75 Å². The monoisotopic (exact) mass is 394 g/mol. The van der Waals surface area contributed by atoms with Crippen LogP contribution in [0.15, 0.2) is 54.6 Å². The van der Waals surface area contributed by atoms with Crippen LogP contribution in [0.4, 0.5) is 0 Å². The molecular formula is C22H26N4O3. The van der Waals surface area contributed by atoms with Gasteiger partial charge in [0.1, 0.15) is 5.75 Å². The Morgan fingerprint density at radius 2 is 1.83 bits per heavy atom. The molecule has 0 unspecified atom stereocenters. The van der Waals surface area contributed by atoms with Crippen molar-refractivity contribution in [2.75, 3.05) is 20.3 Å². The molecule has 1 amide bonds. The molecule has 7 heteroatoms. The van der Waals surface area contributed by atoms with Crippen molar-refractivity contribution in [3.63, 3.8) is 0 Å². The zero-order valence-electron chi connectivity index (χ0n) is 17.0. The third kappa shape index (κ3) is 5.42. The summed E-state index contributed by atoms with van der Waals surface area (Å²) in [5.74, 6) is 1.17. The first-order valence-electron chi connectivity index (χ1n) is 9.65. The summed E-state index contributed by atoms with van der Waals surface area (Å²) < 4.78 is 12.4. The molecule has 29 heavy (non-hydrogen) atoms. The van der Waals surface area contributed by atoms with Crippen molar-refractivity contribution < 1.29 is 14.3 Å². The fourth-order valence-corrected chi connectivity index (χ4v) is 2.76. The van der Waals surface area contributed by atoms with Crippen LogP contribution in [0.25, 0.3) is 17.1 Å². The van der Waals surface area contributed by atoms with E-state index in [0.717, 1.165) is 23.4 Å². The summed E-state index contributed by atoms with van der Waals surface area (Å²) in [6.07, 6.45) is 0.912. The van der Waals surface area contributed by atoms with Gasteiger partial charge in [-0.05, 0) is 44.5 Å². The number of amides is 1. The molecule has 0 spiro atoms. The Morgan fingerprint density at radius 1 is 1.10 bits per heavy atom. The van der Waals surface area contributed by atoms with Crippen molar-refractivity contribution in [3.05, 3.63) is 60.4 Å². The molecular weight excluding hydrogens is 368 g/mol. The number of nitrogens with one attached hydrogen (secondary N) is 1. The predicted octanol–water partition coefficient (Wildman–Crippen LogP) is 3.49. The highest BCUT2D eigenvalue weighted by molar-refractivity contribution is 5.91. The number of benzene rings is 2. The van der Waals surface area contributed by atoms with Crippen molar-refractivity contribution in [2.24, 2.45) is 0 Å². The fourth-order valence-electron chi connectivity index (χ4n) is 2.76. The Bertz CT molecular complexity index is 921. The summed E-state index contributed by atoms with van der Waals surface area (Å²) >= 11 is 0. The molecule has 0 bridgehead atoms. The van der Waals surface area contributed by atoms with Gasteiger partial charge in [-0.1, -0.05) is 30.3 Å². The van der Waals surface area contributed by atoms with E-state index in [1.54, 1.807) is 11.8 Å². The summed E-state index contributed by atoms with van der Waals surface area (Å²) in [5, 5.41) is 7.32. The zero-order valence-corrected chi connectivity index (χ0v) is 17.0. The minimum atomic E-state index is -0.306. The molecule has 3 rings (SSSR count). The molecule has 0 aliphatic rings. The number of nitrogens with zero attached hydrogens (tertiary/aromatic N) is 3. The van der Waals surface area contributed by atoms with E-state index in [1.807, 2.05) is 68.4 Å². The molecule has 0 radical (unpaired) electrons. The normalized spacial score (nSPS) is 10.9. The van der Waals surface area contributed by atoms with Crippen LogP contribution in [0.2, 0.25) is 0 Å². The Labute approximate surface area is 170 Å². The van der Waals surface area contributed by atoms with Crippen LogP contribution in [0, 0.1) is 0 Å². The van der Waals surface area contributed by atoms with Gasteiger partial charge in [0.15, 0.2) is 5.82 Å². The van der Waals surface area contributed by atoms with Gasteiger partial charge in [0.05, 0.1) is 18.9 Å². The van der Waals surface area contributed by atoms with E-state index in [2.05, 4.69) is 15.4 Å². The largest absolute Gasteiger partial charge is 0.497 e. The number of ether oxygens (including phenoxy) is 2. The molecule has 0 saturated heterocycles. The standard InChI is InChI=1S/C22H26N4O3/c1-16(2)29-15-7-14-23-22(27)20-24-21(17-8-5-4-6-9-17)26(25-20)18-10-12-19(28-3)13-11-18/h4-6,8-13,16H,7,14-15H2,1-3H3,(H,23,27). The fraction of sp³-hybridized carbons (Fsp3) is 0.318. The van der Waals surface area contributed by atoms with E-state index in [1.165, 1.54) is 0 Å². The molecule has 0 aliphatic carbocycles. The van der Waals surface area contributed by atoms with E-state index in [0.29, 0.717) is 19.0 Å². The Hall–Kier alpha value is -3.19. The number of hydrogen-bond donors (Lipinski definition) is 1. The van der Waals surface area contributed by atoms with Crippen molar-refractivity contribution in [1.82, 2.24) is 20.1 Å². The van der Waals surface area contributed by atoms with Gasteiger partial charge in [0.25, 0.3) is 5.91 Å². The van der Waals surface area contributed by atoms with Gasteiger partial charge < -0.3 is 14.8 Å². The Kier molecular flexibility index (Phi) is 6.97. The second-order valence-corrected chi connectivity index (χ2v) is 6.76. The highest BCUT2D eigenvalue weighted by atomic mass is 16.5. The molecule has 152 valence electrons. The molecule has 2 aromatic carbocycles. The minimum absolute atomic E-state index is 0.129. The summed E-state index contributed by atoms with van der Waals surface area (Å²) in [5.41, 5.74) is 1.67. The van der Waals surface area contributed by atoms with Gasteiger partial charge in [0.2, 0.25) is 5.82 Å². The van der Waals surface area contributed by atoms with Crippen molar-refractivity contribution in [1.29, 1.82) is 0 Å². The number of aromatic nitrogens is 3. The SMILES string of the molecule is COc1ccc(-n2nc(C(=O)NCCCOC(C)C)nc2-c2ccccc2)cc1. The number of carbonyl (C=O) groups is 1. The molecule has 1 aromatic heterocycles. The van der Waals surface area contributed by atoms with Crippen molar-refractivity contribution in [3.8, 4) is 22.8 Å². The van der Waals surface area contributed by atoms with Crippen molar-refractivity contribution in [2.45, 2.75) is 26.4 Å². The minimum Gasteiger partial charge on any atom is -0.497 e. The van der Waals surface area contributed by atoms with E-state index < -0.39 is 0 Å². The predicted molar refractivity (Wildman–Crippen MR) is 111 cm³/mol. The Balaban J connectivity index is 1.81. The molecule has 1 N–H and O–H groups in total. The van der Waals surface area contributed by atoms with E-state index in [4.69, 9.17) is 9.47 Å². The quantitative estimate of drug-likeness (QED) is 0.562. The summed E-state index contributed by atoms with van der Waals surface area (Å²) in [4.78, 5) is 17.1. The maximum absolute atomic E-state index is 12.6. The summed E-state index contributed by atoms with van der Waals surface area (Å²) in [7, 11) is 1.62. The van der Waals surface area contributed by atoms with Crippen LogP contribution >= 0.6 is 0 Å². The molecule has 7 nitrogen and oxygen atoms in total. The molecule has 0 atom stereocenters. The molecule has 0 saturated carbocycles. The first-order valence-corrected chi connectivity index (χ1v) is 9.65. The highest BCUT2D eigenvalue weighted by Gasteiger charge is 2.18. The van der Waals surface area contributed by atoms with E-state index in [-0.39, 0.29) is 17.8 Å². The van der Waals surface area contributed by atoms with Crippen molar-refractivity contribution >= 4 is 5.91 Å². The molecule has 0 aliphatic heterocycles.